The van der Waals surface area contributed by atoms with E-state index < -0.39 is 0 Å². The summed E-state index contributed by atoms with van der Waals surface area (Å²) in [5.74, 6) is -0.0302. The van der Waals surface area contributed by atoms with E-state index in [1.165, 1.54) is 16.9 Å². The Balaban J connectivity index is 1.34. The summed E-state index contributed by atoms with van der Waals surface area (Å²) < 4.78 is 0. The molecule has 1 amide bonds. The number of aromatic amines is 1. The van der Waals surface area contributed by atoms with Crippen LogP contribution in [-0.4, -0.2) is 49.5 Å². The quantitative estimate of drug-likeness (QED) is 0.526. The molecule has 7 nitrogen and oxygen atoms in total. The Kier molecular flexibility index (Phi) is 4.65. The lowest BCUT2D eigenvalue weighted by Crippen LogP contribution is -2.45. The van der Waals surface area contributed by atoms with Crippen LogP contribution < -0.4 is 0 Å². The largest absolute Gasteiger partial charge is 0.348 e. The maximum atomic E-state index is 13.7. The van der Waals surface area contributed by atoms with Crippen LogP contribution >= 0.6 is 11.3 Å². The molecular weight excluding hydrogens is 420 g/mol. The zero-order chi connectivity index (χ0) is 21.5. The number of thiazole rings is 1. The summed E-state index contributed by atoms with van der Waals surface area (Å²) in [6.45, 7) is 0.614. The normalized spacial score (nSPS) is 19.4. The van der Waals surface area contributed by atoms with Gasteiger partial charge in [0.15, 0.2) is 0 Å². The Morgan fingerprint density at radius 3 is 2.91 bits per heavy atom. The minimum Gasteiger partial charge on any atom is -0.348 e. The highest BCUT2D eigenvalue weighted by Gasteiger charge is 2.40. The third-order valence-electron chi connectivity index (χ3n) is 6.09. The average molecular weight is 441 g/mol. The van der Waals surface area contributed by atoms with Crippen LogP contribution in [0.15, 0.2) is 66.2 Å². The van der Waals surface area contributed by atoms with Crippen molar-refractivity contribution < 1.29 is 4.79 Å². The van der Waals surface area contributed by atoms with Gasteiger partial charge in [-0.15, -0.1) is 11.3 Å². The standard InChI is InChI=1S/C24H20N6OS/c31-24(20-13-27-23(32-20)18-7-3-4-9-25-18)30-10-8-17-21(29-14-28-17)22(30)19-11-15-5-1-2-6-16(15)12-26-19/h1-7,9,12-14,19,22H,8,10-11H2,(H,28,29)/t19?,22-/m0/s1. The lowest BCUT2D eigenvalue weighted by atomic mass is 9.88. The summed E-state index contributed by atoms with van der Waals surface area (Å²) >= 11 is 1.38. The number of hydrogen-bond donors (Lipinski definition) is 1. The molecule has 1 N–H and O–H groups in total. The maximum Gasteiger partial charge on any atom is 0.266 e. The number of rotatable bonds is 3. The molecule has 1 aromatic carbocycles. The SMILES string of the molecule is O=C(c1cnc(-c2ccccn2)s1)N1CCc2[nH]cnc2[C@@H]1C1Cc2ccccc2C=N1. The van der Waals surface area contributed by atoms with E-state index in [1.54, 1.807) is 18.7 Å². The van der Waals surface area contributed by atoms with Gasteiger partial charge in [-0.3, -0.25) is 14.8 Å². The molecule has 2 atom stereocenters. The molecular formula is C24H20N6OS. The van der Waals surface area contributed by atoms with Crippen LogP contribution in [0.3, 0.4) is 0 Å². The Labute approximate surface area is 188 Å². The van der Waals surface area contributed by atoms with Gasteiger partial charge in [-0.1, -0.05) is 30.3 Å². The van der Waals surface area contributed by atoms with Gasteiger partial charge in [-0.25, -0.2) is 9.97 Å². The van der Waals surface area contributed by atoms with Gasteiger partial charge in [0.2, 0.25) is 0 Å². The van der Waals surface area contributed by atoms with E-state index in [4.69, 9.17) is 4.99 Å². The lowest BCUT2D eigenvalue weighted by molar-refractivity contribution is 0.0628. The van der Waals surface area contributed by atoms with Crippen LogP contribution in [0.1, 0.15) is 38.2 Å². The van der Waals surface area contributed by atoms with Gasteiger partial charge >= 0.3 is 0 Å². The first-order valence-corrected chi connectivity index (χ1v) is 11.4. The topological polar surface area (TPSA) is 87.1 Å². The molecule has 2 aliphatic rings. The first-order valence-electron chi connectivity index (χ1n) is 10.6. The van der Waals surface area contributed by atoms with Gasteiger partial charge in [-0.05, 0) is 29.7 Å². The summed E-state index contributed by atoms with van der Waals surface area (Å²) in [6, 6.07) is 13.7. The molecule has 0 fully saturated rings. The monoisotopic (exact) mass is 440 g/mol. The van der Waals surface area contributed by atoms with Gasteiger partial charge in [0, 0.05) is 31.1 Å². The average Bonchev–Trinajstić information content (AvgIpc) is 3.53. The molecule has 8 heteroatoms. The molecule has 1 unspecified atom stereocenters. The number of aliphatic imine (C=N–C) groups is 1. The molecule has 4 aromatic rings. The first-order chi connectivity index (χ1) is 15.8. The molecule has 3 aromatic heterocycles. The number of fused-ring (bicyclic) bond motifs is 2. The molecule has 6 rings (SSSR count). The van der Waals surface area contributed by atoms with E-state index in [0.717, 1.165) is 40.5 Å². The number of imidazole rings is 1. The Bertz CT molecular complexity index is 1310. The number of carbonyl (C=O) groups is 1. The molecule has 32 heavy (non-hydrogen) atoms. The van der Waals surface area contributed by atoms with Crippen molar-refractivity contribution in [1.82, 2.24) is 24.8 Å². The van der Waals surface area contributed by atoms with Gasteiger partial charge in [0.25, 0.3) is 5.91 Å². The molecule has 5 heterocycles. The number of pyridine rings is 1. The summed E-state index contributed by atoms with van der Waals surface area (Å²) in [7, 11) is 0. The van der Waals surface area contributed by atoms with E-state index in [1.807, 2.05) is 35.4 Å². The number of carbonyl (C=O) groups excluding carboxylic acids is 1. The van der Waals surface area contributed by atoms with E-state index >= 15 is 0 Å². The summed E-state index contributed by atoms with van der Waals surface area (Å²) in [4.78, 5) is 37.7. The Hall–Kier alpha value is -3.65. The second-order valence-electron chi connectivity index (χ2n) is 7.95. The van der Waals surface area contributed by atoms with Crippen molar-refractivity contribution in [2.75, 3.05) is 6.54 Å². The molecule has 2 aliphatic heterocycles. The fourth-order valence-electron chi connectivity index (χ4n) is 4.54. The maximum absolute atomic E-state index is 13.7. The molecule has 0 spiro atoms. The smallest absolute Gasteiger partial charge is 0.266 e. The van der Waals surface area contributed by atoms with Crippen molar-refractivity contribution in [2.24, 2.45) is 4.99 Å². The number of benzene rings is 1. The van der Waals surface area contributed by atoms with Gasteiger partial charge in [-0.2, -0.15) is 0 Å². The van der Waals surface area contributed by atoms with Gasteiger partial charge < -0.3 is 9.88 Å². The molecule has 0 saturated heterocycles. The number of hydrogen-bond acceptors (Lipinski definition) is 6. The lowest BCUT2D eigenvalue weighted by Gasteiger charge is -2.39. The summed E-state index contributed by atoms with van der Waals surface area (Å²) in [5, 5.41) is 0.743. The zero-order valence-corrected chi connectivity index (χ0v) is 18.0. The third-order valence-corrected chi connectivity index (χ3v) is 7.09. The molecule has 0 radical (unpaired) electrons. The van der Waals surface area contributed by atoms with Crippen molar-refractivity contribution in [1.29, 1.82) is 0 Å². The van der Waals surface area contributed by atoms with Crippen molar-refractivity contribution in [3.63, 3.8) is 0 Å². The van der Waals surface area contributed by atoms with Crippen LogP contribution in [0, 0.1) is 0 Å². The first kappa shape index (κ1) is 19.1. The van der Waals surface area contributed by atoms with Crippen LogP contribution in [0.2, 0.25) is 0 Å². The Morgan fingerprint density at radius 2 is 2.00 bits per heavy atom. The zero-order valence-electron chi connectivity index (χ0n) is 17.2. The van der Waals surface area contributed by atoms with Crippen LogP contribution in [0.5, 0.6) is 0 Å². The Morgan fingerprint density at radius 1 is 1.09 bits per heavy atom. The van der Waals surface area contributed by atoms with Crippen molar-refractivity contribution >= 4 is 23.5 Å². The van der Waals surface area contributed by atoms with Crippen molar-refractivity contribution in [3.05, 3.63) is 88.6 Å². The van der Waals surface area contributed by atoms with E-state index in [0.29, 0.717) is 11.4 Å². The number of aromatic nitrogens is 4. The van der Waals surface area contributed by atoms with Crippen molar-refractivity contribution in [3.8, 4) is 10.7 Å². The fourth-order valence-corrected chi connectivity index (χ4v) is 5.39. The van der Waals surface area contributed by atoms with Crippen LogP contribution in [0.25, 0.3) is 10.7 Å². The number of amides is 1. The molecule has 158 valence electrons. The highest BCUT2D eigenvalue weighted by molar-refractivity contribution is 7.16. The molecule has 0 bridgehead atoms. The number of H-pyrrole nitrogens is 1. The van der Waals surface area contributed by atoms with Gasteiger partial charge in [0.05, 0.1) is 36.0 Å². The fraction of sp³-hybridized carbons (Fsp3) is 0.208. The number of nitrogens with zero attached hydrogens (tertiary/aromatic N) is 5. The summed E-state index contributed by atoms with van der Waals surface area (Å²) in [6.07, 6.45) is 8.56. The number of nitrogens with one attached hydrogen (secondary N) is 1. The summed E-state index contributed by atoms with van der Waals surface area (Å²) in [5.41, 5.74) is 5.17. The van der Waals surface area contributed by atoms with E-state index in [-0.39, 0.29) is 18.0 Å². The highest BCUT2D eigenvalue weighted by atomic mass is 32.1. The molecule has 0 saturated carbocycles. The van der Waals surface area contributed by atoms with Gasteiger partial charge in [0.1, 0.15) is 9.88 Å². The minimum atomic E-state index is -0.220. The van der Waals surface area contributed by atoms with Crippen LogP contribution in [0.4, 0.5) is 0 Å². The second-order valence-corrected chi connectivity index (χ2v) is 8.98. The van der Waals surface area contributed by atoms with E-state index in [9.17, 15) is 4.79 Å². The predicted octanol–water partition coefficient (Wildman–Crippen LogP) is 3.71. The van der Waals surface area contributed by atoms with Crippen molar-refractivity contribution in [2.45, 2.75) is 24.9 Å². The molecule has 0 aliphatic carbocycles. The minimum absolute atomic E-state index is 0.0302. The third kappa shape index (κ3) is 3.23. The second kappa shape index (κ2) is 7.80. The van der Waals surface area contributed by atoms with Crippen LogP contribution in [-0.2, 0) is 12.8 Å². The van der Waals surface area contributed by atoms with E-state index in [2.05, 4.69) is 38.1 Å². The highest BCUT2D eigenvalue weighted by Crippen LogP contribution is 2.37. The predicted molar refractivity (Wildman–Crippen MR) is 123 cm³/mol.